The highest BCUT2D eigenvalue weighted by atomic mass is 35.5. The van der Waals surface area contributed by atoms with E-state index in [4.69, 9.17) is 11.6 Å². The largest absolute Gasteiger partial charge is 0.348 e. The van der Waals surface area contributed by atoms with Gasteiger partial charge >= 0.3 is 0 Å². The highest BCUT2D eigenvalue weighted by Crippen LogP contribution is 2.34. The molecule has 0 unspecified atom stereocenters. The molecule has 2 saturated heterocycles. The topological polar surface area (TPSA) is 32.3 Å². The van der Waals surface area contributed by atoms with Gasteiger partial charge in [0.05, 0.1) is 0 Å². The number of hydrogen-bond donors (Lipinski definition) is 0. The van der Waals surface area contributed by atoms with Crippen molar-refractivity contribution in [2.75, 3.05) is 25.0 Å². The normalized spacial score (nSPS) is 30.1. The zero-order valence-corrected chi connectivity index (χ0v) is 9.35. The summed E-state index contributed by atoms with van der Waals surface area (Å²) in [5.74, 6) is 0.847. The second kappa shape index (κ2) is 3.32. The van der Waals surface area contributed by atoms with Gasteiger partial charge in [-0.3, -0.25) is 4.90 Å². The van der Waals surface area contributed by atoms with Gasteiger partial charge in [0.1, 0.15) is 0 Å². The molecule has 0 spiro atoms. The van der Waals surface area contributed by atoms with Crippen LogP contribution < -0.4 is 4.90 Å². The van der Waals surface area contributed by atoms with E-state index in [-0.39, 0.29) is 0 Å². The molecular weight excluding hydrogens is 212 g/mol. The summed E-state index contributed by atoms with van der Waals surface area (Å²) in [5.41, 5.74) is 0. The molecule has 0 aliphatic carbocycles. The van der Waals surface area contributed by atoms with E-state index in [2.05, 4.69) is 26.8 Å². The molecule has 5 heteroatoms. The summed E-state index contributed by atoms with van der Waals surface area (Å²) < 4.78 is 0. The van der Waals surface area contributed by atoms with Crippen LogP contribution >= 0.6 is 11.6 Å². The lowest BCUT2D eigenvalue weighted by Gasteiger charge is -2.32. The maximum atomic E-state index is 6.05. The number of fused-ring (bicyclic) bond motifs is 2. The molecule has 2 atom stereocenters. The summed E-state index contributed by atoms with van der Waals surface area (Å²) in [5, 5.41) is 0.521. The first kappa shape index (κ1) is 9.36. The Balaban J connectivity index is 1.89. The van der Waals surface area contributed by atoms with E-state index in [1.54, 1.807) is 12.4 Å². The molecule has 2 aliphatic heterocycles. The predicted octanol–water partition coefficient (Wildman–Crippen LogP) is 1.02. The summed E-state index contributed by atoms with van der Waals surface area (Å²) in [4.78, 5) is 13.1. The molecule has 80 valence electrons. The Labute approximate surface area is 93.9 Å². The molecule has 0 radical (unpaired) electrons. The van der Waals surface area contributed by atoms with E-state index < -0.39 is 0 Å². The average molecular weight is 225 g/mol. The van der Waals surface area contributed by atoms with Crippen molar-refractivity contribution >= 4 is 17.4 Å². The van der Waals surface area contributed by atoms with Crippen LogP contribution in [0, 0.1) is 0 Å². The fraction of sp³-hybridized carbons (Fsp3) is 0.600. The van der Waals surface area contributed by atoms with Gasteiger partial charge in [0.15, 0.2) is 11.0 Å². The first-order valence-electron chi connectivity index (χ1n) is 5.19. The summed E-state index contributed by atoms with van der Waals surface area (Å²) in [6.45, 7) is 2.14. The van der Waals surface area contributed by atoms with E-state index in [0.717, 1.165) is 18.9 Å². The molecule has 2 aliphatic rings. The SMILES string of the molecule is CN1C[C@@H]2C[C@H]1CN2c1nccnc1Cl. The van der Waals surface area contributed by atoms with E-state index >= 15 is 0 Å². The summed E-state index contributed by atoms with van der Waals surface area (Å²) in [7, 11) is 2.18. The molecule has 0 aromatic carbocycles. The minimum absolute atomic E-state index is 0.521. The minimum Gasteiger partial charge on any atom is -0.348 e. The van der Waals surface area contributed by atoms with Gasteiger partial charge in [0.25, 0.3) is 0 Å². The van der Waals surface area contributed by atoms with E-state index in [1.165, 1.54) is 6.42 Å². The highest BCUT2D eigenvalue weighted by molar-refractivity contribution is 6.31. The molecule has 3 heterocycles. The van der Waals surface area contributed by atoms with Crippen molar-refractivity contribution < 1.29 is 0 Å². The fourth-order valence-corrected chi connectivity index (χ4v) is 2.85. The molecular formula is C10H13ClN4. The van der Waals surface area contributed by atoms with E-state index in [1.807, 2.05) is 0 Å². The second-order valence-electron chi connectivity index (χ2n) is 4.31. The lowest BCUT2D eigenvalue weighted by atomic mass is 10.2. The van der Waals surface area contributed by atoms with Gasteiger partial charge in [0.2, 0.25) is 0 Å². The molecule has 4 nitrogen and oxygen atoms in total. The minimum atomic E-state index is 0.521. The number of rotatable bonds is 1. The van der Waals surface area contributed by atoms with Crippen LogP contribution in [-0.2, 0) is 0 Å². The lowest BCUT2D eigenvalue weighted by Crippen LogP contribution is -2.45. The van der Waals surface area contributed by atoms with Crippen LogP contribution in [0.15, 0.2) is 12.4 Å². The Morgan fingerprint density at radius 3 is 2.67 bits per heavy atom. The molecule has 1 aromatic rings. The van der Waals surface area contributed by atoms with Crippen molar-refractivity contribution in [1.82, 2.24) is 14.9 Å². The Morgan fingerprint density at radius 2 is 2.07 bits per heavy atom. The van der Waals surface area contributed by atoms with Gasteiger partial charge in [-0.1, -0.05) is 11.6 Å². The maximum absolute atomic E-state index is 6.05. The molecule has 15 heavy (non-hydrogen) atoms. The number of nitrogens with zero attached hydrogens (tertiary/aromatic N) is 4. The van der Waals surface area contributed by atoms with Gasteiger partial charge in [-0.05, 0) is 13.5 Å². The molecule has 1 aromatic heterocycles. The standard InChI is InChI=1S/C10H13ClN4/c1-14-5-8-4-7(14)6-15(8)10-9(11)12-2-3-13-10/h2-3,7-8H,4-6H2,1H3/t7-,8-/m0/s1. The molecule has 2 fully saturated rings. The Bertz CT molecular complexity index is 381. The van der Waals surface area contributed by atoms with Crippen molar-refractivity contribution in [3.63, 3.8) is 0 Å². The monoisotopic (exact) mass is 224 g/mol. The average Bonchev–Trinajstić information content (AvgIpc) is 2.77. The third-order valence-corrected chi connectivity index (χ3v) is 3.69. The Kier molecular flexibility index (Phi) is 2.07. The second-order valence-corrected chi connectivity index (χ2v) is 4.66. The number of hydrogen-bond acceptors (Lipinski definition) is 4. The Hall–Kier alpha value is -0.870. The molecule has 3 rings (SSSR count). The Morgan fingerprint density at radius 1 is 1.27 bits per heavy atom. The zero-order valence-electron chi connectivity index (χ0n) is 8.60. The van der Waals surface area contributed by atoms with Gasteiger partial charge in [-0.2, -0.15) is 0 Å². The summed E-state index contributed by atoms with van der Waals surface area (Å²) in [6, 6.07) is 1.22. The van der Waals surface area contributed by atoms with Crippen LogP contribution in [0.4, 0.5) is 5.82 Å². The smallest absolute Gasteiger partial charge is 0.171 e. The van der Waals surface area contributed by atoms with Gasteiger partial charge in [-0.25, -0.2) is 9.97 Å². The van der Waals surface area contributed by atoms with Crippen LogP contribution in [0.1, 0.15) is 6.42 Å². The quantitative estimate of drug-likeness (QED) is 0.713. The summed E-state index contributed by atoms with van der Waals surface area (Å²) >= 11 is 6.05. The number of likely N-dealkylation sites (N-methyl/N-ethyl adjacent to an activating group) is 1. The molecule has 0 amide bonds. The summed E-state index contributed by atoms with van der Waals surface area (Å²) in [6.07, 6.45) is 4.56. The third kappa shape index (κ3) is 1.40. The van der Waals surface area contributed by atoms with Crippen LogP contribution in [-0.4, -0.2) is 47.1 Å². The van der Waals surface area contributed by atoms with E-state index in [0.29, 0.717) is 17.2 Å². The van der Waals surface area contributed by atoms with Crippen molar-refractivity contribution in [2.45, 2.75) is 18.5 Å². The maximum Gasteiger partial charge on any atom is 0.171 e. The van der Waals surface area contributed by atoms with Crippen LogP contribution in [0.25, 0.3) is 0 Å². The number of anilines is 1. The number of aromatic nitrogens is 2. The van der Waals surface area contributed by atoms with Crippen molar-refractivity contribution in [1.29, 1.82) is 0 Å². The van der Waals surface area contributed by atoms with Crippen LogP contribution in [0.5, 0.6) is 0 Å². The zero-order chi connectivity index (χ0) is 10.4. The lowest BCUT2D eigenvalue weighted by molar-refractivity contribution is 0.292. The van der Waals surface area contributed by atoms with Gasteiger partial charge in [0, 0.05) is 37.6 Å². The first-order chi connectivity index (χ1) is 7.25. The van der Waals surface area contributed by atoms with Gasteiger partial charge in [-0.15, -0.1) is 0 Å². The van der Waals surface area contributed by atoms with Crippen molar-refractivity contribution in [3.05, 3.63) is 17.5 Å². The van der Waals surface area contributed by atoms with Gasteiger partial charge < -0.3 is 4.90 Å². The van der Waals surface area contributed by atoms with E-state index in [9.17, 15) is 0 Å². The molecule has 2 bridgehead atoms. The fourth-order valence-electron chi connectivity index (χ4n) is 2.63. The van der Waals surface area contributed by atoms with Crippen LogP contribution in [0.3, 0.4) is 0 Å². The van der Waals surface area contributed by atoms with Crippen molar-refractivity contribution in [2.24, 2.45) is 0 Å². The highest BCUT2D eigenvalue weighted by Gasteiger charge is 2.42. The number of likely N-dealkylation sites (tertiary alicyclic amines) is 1. The third-order valence-electron chi connectivity index (χ3n) is 3.42. The molecule has 0 saturated carbocycles. The predicted molar refractivity (Wildman–Crippen MR) is 59.2 cm³/mol. The molecule has 0 N–H and O–H groups in total. The first-order valence-corrected chi connectivity index (χ1v) is 5.57. The number of halogens is 1. The van der Waals surface area contributed by atoms with Crippen molar-refractivity contribution in [3.8, 4) is 0 Å². The van der Waals surface area contributed by atoms with Crippen LogP contribution in [0.2, 0.25) is 5.15 Å². The number of piperazine rings is 1.